The number of halogens is 1. The van der Waals surface area contributed by atoms with Gasteiger partial charge >= 0.3 is 5.97 Å². The molecule has 1 saturated heterocycles. The summed E-state index contributed by atoms with van der Waals surface area (Å²) in [7, 11) is 1.65. The normalized spacial score (nSPS) is 16.0. The summed E-state index contributed by atoms with van der Waals surface area (Å²) in [5.74, 6) is -0.409. The summed E-state index contributed by atoms with van der Waals surface area (Å²) >= 11 is 3.51. The summed E-state index contributed by atoms with van der Waals surface area (Å²) < 4.78 is 18.1. The first kappa shape index (κ1) is 17.4. The molecule has 0 saturated carbocycles. The second kappa shape index (κ2) is 8.61. The van der Waals surface area contributed by atoms with Crippen molar-refractivity contribution in [2.24, 2.45) is 0 Å². The molecule has 0 N–H and O–H groups in total. The lowest BCUT2D eigenvalue weighted by molar-refractivity contribution is 0.0327. The van der Waals surface area contributed by atoms with Crippen molar-refractivity contribution in [2.45, 2.75) is 20.0 Å². The molecule has 1 aromatic heterocycles. The molecule has 0 atom stereocenters. The summed E-state index contributed by atoms with van der Waals surface area (Å²) in [4.78, 5) is 14.3. The Morgan fingerprint density at radius 2 is 2.14 bits per heavy atom. The number of carbonyl (C=O) groups excluding carboxylic acids is 1. The van der Waals surface area contributed by atoms with E-state index in [1.165, 1.54) is 0 Å². The number of aromatic nitrogens is 2. The number of nitrogens with zero attached hydrogens (tertiary/aromatic N) is 3. The maximum atomic E-state index is 12.0. The Morgan fingerprint density at radius 3 is 2.77 bits per heavy atom. The molecule has 0 bridgehead atoms. The van der Waals surface area contributed by atoms with Gasteiger partial charge in [0, 0.05) is 26.7 Å². The number of hydrogen-bond acceptors (Lipinski definition) is 6. The van der Waals surface area contributed by atoms with Crippen LogP contribution in [-0.2, 0) is 27.3 Å². The molecule has 7 nitrogen and oxygen atoms in total. The predicted octanol–water partition coefficient (Wildman–Crippen LogP) is 1.30. The predicted molar refractivity (Wildman–Crippen MR) is 83.9 cm³/mol. The monoisotopic (exact) mass is 375 g/mol. The highest BCUT2D eigenvalue weighted by atomic mass is 79.9. The van der Waals surface area contributed by atoms with Crippen LogP contribution in [0.4, 0.5) is 0 Å². The van der Waals surface area contributed by atoms with Crippen molar-refractivity contribution in [2.75, 3.05) is 46.6 Å². The Bertz CT molecular complexity index is 501. The van der Waals surface area contributed by atoms with Gasteiger partial charge in [0.2, 0.25) is 0 Å². The number of rotatable bonds is 7. The molecule has 1 aromatic rings. The van der Waals surface area contributed by atoms with Crippen LogP contribution in [0, 0.1) is 0 Å². The fourth-order valence-electron chi connectivity index (χ4n) is 2.29. The van der Waals surface area contributed by atoms with E-state index in [0.29, 0.717) is 36.5 Å². The first-order valence-corrected chi connectivity index (χ1v) is 8.18. The third-order valence-electron chi connectivity index (χ3n) is 3.45. The number of ether oxygens (including phenoxy) is 3. The second-order valence-electron chi connectivity index (χ2n) is 4.93. The van der Waals surface area contributed by atoms with Crippen LogP contribution >= 0.6 is 15.9 Å². The minimum absolute atomic E-state index is 0.321. The second-order valence-corrected chi connectivity index (χ2v) is 5.73. The number of methoxy groups -OCH3 is 1. The van der Waals surface area contributed by atoms with Crippen LogP contribution in [0.5, 0.6) is 0 Å². The first-order valence-electron chi connectivity index (χ1n) is 7.38. The van der Waals surface area contributed by atoms with Crippen LogP contribution in [0.2, 0.25) is 0 Å². The van der Waals surface area contributed by atoms with Crippen LogP contribution in [0.1, 0.15) is 23.1 Å². The third-order valence-corrected chi connectivity index (χ3v) is 4.28. The molecule has 0 amide bonds. The molecule has 0 aromatic carbocycles. The Balaban J connectivity index is 2.21. The van der Waals surface area contributed by atoms with Crippen molar-refractivity contribution >= 4 is 21.9 Å². The first-order chi connectivity index (χ1) is 10.7. The number of hydrogen-bond donors (Lipinski definition) is 0. The van der Waals surface area contributed by atoms with Gasteiger partial charge in [-0.2, -0.15) is 5.10 Å². The van der Waals surface area contributed by atoms with Crippen molar-refractivity contribution in [1.82, 2.24) is 14.7 Å². The molecule has 1 aliphatic rings. The number of esters is 1. The molecule has 8 heteroatoms. The van der Waals surface area contributed by atoms with Crippen molar-refractivity contribution in [1.29, 1.82) is 0 Å². The highest BCUT2D eigenvalue weighted by Crippen LogP contribution is 2.24. The molecule has 1 fully saturated rings. The molecular formula is C14H22BrN3O4. The summed E-state index contributed by atoms with van der Waals surface area (Å²) in [6.45, 7) is 7.15. The Hall–Kier alpha value is -0.960. The van der Waals surface area contributed by atoms with E-state index in [1.54, 1.807) is 14.0 Å². The van der Waals surface area contributed by atoms with E-state index in [9.17, 15) is 4.79 Å². The van der Waals surface area contributed by atoms with Gasteiger partial charge in [-0.3, -0.25) is 9.58 Å². The largest absolute Gasteiger partial charge is 0.461 e. The maximum Gasteiger partial charge on any atom is 0.360 e. The zero-order valence-electron chi connectivity index (χ0n) is 13.0. The van der Waals surface area contributed by atoms with Crippen LogP contribution < -0.4 is 0 Å². The number of morpholine rings is 1. The van der Waals surface area contributed by atoms with Crippen molar-refractivity contribution in [3.63, 3.8) is 0 Å². The fourth-order valence-corrected chi connectivity index (χ4v) is 2.86. The van der Waals surface area contributed by atoms with Crippen LogP contribution in [-0.4, -0.2) is 67.3 Å². The van der Waals surface area contributed by atoms with Crippen LogP contribution in [0.25, 0.3) is 0 Å². The van der Waals surface area contributed by atoms with Gasteiger partial charge in [0.15, 0.2) is 5.69 Å². The highest BCUT2D eigenvalue weighted by molar-refractivity contribution is 9.10. The molecule has 0 unspecified atom stereocenters. The Kier molecular flexibility index (Phi) is 6.81. The van der Waals surface area contributed by atoms with Gasteiger partial charge in [0.1, 0.15) is 0 Å². The molecule has 0 aliphatic carbocycles. The summed E-state index contributed by atoms with van der Waals surface area (Å²) in [6, 6.07) is 0. The molecule has 0 spiro atoms. The van der Waals surface area contributed by atoms with E-state index >= 15 is 0 Å². The maximum absolute atomic E-state index is 12.0. The van der Waals surface area contributed by atoms with Crippen LogP contribution in [0.15, 0.2) is 4.47 Å². The third kappa shape index (κ3) is 4.28. The van der Waals surface area contributed by atoms with E-state index in [0.717, 1.165) is 32.0 Å². The average molecular weight is 376 g/mol. The molecule has 124 valence electrons. The van der Waals surface area contributed by atoms with Gasteiger partial charge in [-0.25, -0.2) is 4.79 Å². The smallest absolute Gasteiger partial charge is 0.360 e. The Morgan fingerprint density at radius 1 is 1.41 bits per heavy atom. The van der Waals surface area contributed by atoms with E-state index in [2.05, 4.69) is 25.9 Å². The standard InChI is InChI=1S/C14H22BrN3O4/c1-3-22-14(19)13-12(15)11(18(16-13)6-7-20-2)10-17-4-8-21-9-5-17/h3-10H2,1-2H3. The zero-order valence-corrected chi connectivity index (χ0v) is 14.6. The molecule has 1 aliphatic heterocycles. The summed E-state index contributed by atoms with van der Waals surface area (Å²) in [6.07, 6.45) is 0. The topological polar surface area (TPSA) is 65.8 Å². The van der Waals surface area contributed by atoms with E-state index in [4.69, 9.17) is 14.2 Å². The minimum Gasteiger partial charge on any atom is -0.461 e. The molecule has 0 radical (unpaired) electrons. The van der Waals surface area contributed by atoms with E-state index < -0.39 is 5.97 Å². The van der Waals surface area contributed by atoms with E-state index in [1.807, 2.05) is 4.68 Å². The Labute approximate surface area is 138 Å². The van der Waals surface area contributed by atoms with Gasteiger partial charge in [0.05, 0.1) is 43.1 Å². The lowest BCUT2D eigenvalue weighted by Gasteiger charge is -2.26. The van der Waals surface area contributed by atoms with Crippen molar-refractivity contribution < 1.29 is 19.0 Å². The van der Waals surface area contributed by atoms with Gasteiger partial charge in [-0.05, 0) is 22.9 Å². The lowest BCUT2D eigenvalue weighted by Crippen LogP contribution is -2.36. The van der Waals surface area contributed by atoms with Gasteiger partial charge < -0.3 is 14.2 Å². The quantitative estimate of drug-likeness (QED) is 0.669. The summed E-state index contributed by atoms with van der Waals surface area (Å²) in [5, 5.41) is 4.39. The molecule has 2 heterocycles. The van der Waals surface area contributed by atoms with Crippen molar-refractivity contribution in [3.05, 3.63) is 15.9 Å². The summed E-state index contributed by atoms with van der Waals surface area (Å²) in [5.41, 5.74) is 1.28. The SMILES string of the molecule is CCOC(=O)c1nn(CCOC)c(CN2CCOCC2)c1Br. The number of carbonyl (C=O) groups is 1. The highest BCUT2D eigenvalue weighted by Gasteiger charge is 2.24. The molecule has 2 rings (SSSR count). The van der Waals surface area contributed by atoms with E-state index in [-0.39, 0.29) is 0 Å². The van der Waals surface area contributed by atoms with Crippen LogP contribution in [0.3, 0.4) is 0 Å². The molecular weight excluding hydrogens is 354 g/mol. The zero-order chi connectivity index (χ0) is 15.9. The average Bonchev–Trinajstić information content (AvgIpc) is 2.83. The van der Waals surface area contributed by atoms with Gasteiger partial charge in [-0.1, -0.05) is 0 Å². The fraction of sp³-hybridized carbons (Fsp3) is 0.714. The van der Waals surface area contributed by atoms with Gasteiger partial charge in [-0.15, -0.1) is 0 Å². The minimum atomic E-state index is -0.409. The van der Waals surface area contributed by atoms with Gasteiger partial charge in [0.25, 0.3) is 0 Å². The van der Waals surface area contributed by atoms with Crippen molar-refractivity contribution in [3.8, 4) is 0 Å². The lowest BCUT2D eigenvalue weighted by atomic mass is 10.3. The molecule has 22 heavy (non-hydrogen) atoms.